The second-order valence-corrected chi connectivity index (χ2v) is 6.88. The van der Waals surface area contributed by atoms with Crippen molar-refractivity contribution in [3.8, 4) is 5.75 Å². The van der Waals surface area contributed by atoms with Gasteiger partial charge in [-0.1, -0.05) is 17.3 Å². The Labute approximate surface area is 184 Å². The van der Waals surface area contributed by atoms with Gasteiger partial charge in [-0.25, -0.2) is 0 Å². The highest BCUT2D eigenvalue weighted by molar-refractivity contribution is 14.0. The zero-order valence-corrected chi connectivity index (χ0v) is 19.3. The summed E-state index contributed by atoms with van der Waals surface area (Å²) < 4.78 is 10.8. The van der Waals surface area contributed by atoms with Crippen LogP contribution in [-0.2, 0) is 19.3 Å². The molecule has 28 heavy (non-hydrogen) atoms. The van der Waals surface area contributed by atoms with Crippen LogP contribution in [-0.4, -0.2) is 37.4 Å². The number of hydrogen-bond donors (Lipinski definition) is 2. The van der Waals surface area contributed by atoms with Crippen LogP contribution in [0.25, 0.3) is 0 Å². The fourth-order valence-electron chi connectivity index (χ4n) is 3.37. The molecule has 2 N–H and O–H groups in total. The van der Waals surface area contributed by atoms with Crippen LogP contribution in [0.5, 0.6) is 5.75 Å². The molecule has 7 heteroatoms. The summed E-state index contributed by atoms with van der Waals surface area (Å²) in [6.45, 7) is 9.34. The Bertz CT molecular complexity index is 769. The van der Waals surface area contributed by atoms with Crippen molar-refractivity contribution in [1.82, 2.24) is 15.8 Å². The summed E-state index contributed by atoms with van der Waals surface area (Å²) in [4.78, 5) is 4.68. The van der Waals surface area contributed by atoms with Gasteiger partial charge in [-0.2, -0.15) is 0 Å². The first-order valence-electron chi connectivity index (χ1n) is 9.86. The van der Waals surface area contributed by atoms with E-state index in [9.17, 15) is 0 Å². The van der Waals surface area contributed by atoms with Gasteiger partial charge < -0.3 is 19.9 Å². The zero-order valence-electron chi connectivity index (χ0n) is 17.0. The van der Waals surface area contributed by atoms with E-state index in [1.54, 1.807) is 0 Å². The molecule has 6 nitrogen and oxygen atoms in total. The normalized spacial score (nSPS) is 12.9. The van der Waals surface area contributed by atoms with Crippen molar-refractivity contribution in [3.05, 3.63) is 46.3 Å². The molecule has 1 aromatic carbocycles. The fourth-order valence-corrected chi connectivity index (χ4v) is 3.37. The molecule has 3 rings (SSSR count). The van der Waals surface area contributed by atoms with Crippen molar-refractivity contribution in [1.29, 1.82) is 0 Å². The van der Waals surface area contributed by atoms with E-state index in [0.29, 0.717) is 0 Å². The predicted molar refractivity (Wildman–Crippen MR) is 123 cm³/mol. The van der Waals surface area contributed by atoms with Crippen molar-refractivity contribution >= 4 is 29.9 Å². The predicted octanol–water partition coefficient (Wildman–Crippen LogP) is 3.57. The third kappa shape index (κ3) is 6.12. The van der Waals surface area contributed by atoms with Crippen LogP contribution in [0.1, 0.15) is 41.5 Å². The molecule has 1 aliphatic heterocycles. The minimum Gasteiger partial charge on any atom is -0.493 e. The second-order valence-electron chi connectivity index (χ2n) is 6.88. The number of aliphatic imine (C=N–C) groups is 1. The van der Waals surface area contributed by atoms with Crippen LogP contribution in [0, 0.1) is 13.8 Å². The molecule has 0 amide bonds. The van der Waals surface area contributed by atoms with E-state index < -0.39 is 0 Å². The molecule has 0 spiro atoms. The third-order valence-corrected chi connectivity index (χ3v) is 4.84. The van der Waals surface area contributed by atoms with Crippen LogP contribution in [0.15, 0.2) is 27.7 Å². The number of halogens is 1. The van der Waals surface area contributed by atoms with Gasteiger partial charge in [-0.15, -0.1) is 24.0 Å². The monoisotopic (exact) mass is 498 g/mol. The molecule has 0 atom stereocenters. The van der Waals surface area contributed by atoms with Crippen molar-refractivity contribution in [2.75, 3.05) is 26.2 Å². The quantitative estimate of drug-likeness (QED) is 0.252. The van der Waals surface area contributed by atoms with Gasteiger partial charge in [0, 0.05) is 31.6 Å². The number of aromatic nitrogens is 1. The summed E-state index contributed by atoms with van der Waals surface area (Å²) in [5.41, 5.74) is 4.86. The van der Waals surface area contributed by atoms with Crippen molar-refractivity contribution in [2.45, 2.75) is 46.5 Å². The SMILES string of the molecule is CCNC(=NCCCc1c(C)noc1C)NCCc1ccc2c(c1)CCO2.I. The largest absolute Gasteiger partial charge is 0.493 e. The molecule has 0 fully saturated rings. The van der Waals surface area contributed by atoms with Gasteiger partial charge in [0.25, 0.3) is 0 Å². The molecule has 0 unspecified atom stereocenters. The summed E-state index contributed by atoms with van der Waals surface area (Å²) in [5.74, 6) is 2.84. The lowest BCUT2D eigenvalue weighted by atomic mass is 10.1. The average molecular weight is 498 g/mol. The van der Waals surface area contributed by atoms with Gasteiger partial charge in [-0.3, -0.25) is 4.99 Å². The Morgan fingerprint density at radius 3 is 2.82 bits per heavy atom. The van der Waals surface area contributed by atoms with E-state index in [1.165, 1.54) is 16.7 Å². The summed E-state index contributed by atoms with van der Waals surface area (Å²) in [6.07, 6.45) is 3.91. The Balaban J connectivity index is 0.00000280. The number of rotatable bonds is 8. The number of nitrogens with one attached hydrogen (secondary N) is 2. The minimum absolute atomic E-state index is 0. The Hall–Kier alpha value is -1.77. The lowest BCUT2D eigenvalue weighted by molar-refractivity contribution is 0.357. The van der Waals surface area contributed by atoms with Crippen LogP contribution in [0.4, 0.5) is 0 Å². The third-order valence-electron chi connectivity index (χ3n) is 4.84. The topological polar surface area (TPSA) is 71.7 Å². The van der Waals surface area contributed by atoms with E-state index >= 15 is 0 Å². The minimum atomic E-state index is 0. The molecule has 1 aliphatic rings. The van der Waals surface area contributed by atoms with E-state index in [0.717, 1.165) is 75.1 Å². The van der Waals surface area contributed by atoms with Gasteiger partial charge in [0.2, 0.25) is 0 Å². The van der Waals surface area contributed by atoms with E-state index in [2.05, 4.69) is 45.9 Å². The standard InChI is InChI=1S/C21H30N4O2.HI/c1-4-22-21(23-11-5-6-19-15(2)25-27-16(19)3)24-12-9-17-7-8-20-18(14-17)10-13-26-20;/h7-8,14H,4-6,9-13H2,1-3H3,(H2,22,23,24);1H. The average Bonchev–Trinajstić information content (AvgIpc) is 3.25. The number of ether oxygens (including phenoxy) is 1. The lowest BCUT2D eigenvalue weighted by Gasteiger charge is -2.11. The maximum Gasteiger partial charge on any atom is 0.191 e. The molecular weight excluding hydrogens is 467 g/mol. The summed E-state index contributed by atoms with van der Waals surface area (Å²) >= 11 is 0. The molecule has 0 bridgehead atoms. The molecule has 154 valence electrons. The van der Waals surface area contributed by atoms with E-state index in [1.807, 2.05) is 13.8 Å². The highest BCUT2D eigenvalue weighted by Gasteiger charge is 2.12. The molecule has 2 aromatic rings. The summed E-state index contributed by atoms with van der Waals surface area (Å²) in [5, 5.41) is 10.8. The molecule has 0 radical (unpaired) electrons. The van der Waals surface area contributed by atoms with Crippen LogP contribution >= 0.6 is 24.0 Å². The van der Waals surface area contributed by atoms with Crippen molar-refractivity contribution in [2.24, 2.45) is 4.99 Å². The maximum absolute atomic E-state index is 5.57. The number of aryl methyl sites for hydroxylation is 2. The molecular formula is C21H31IN4O2. The molecule has 1 aromatic heterocycles. The molecule has 0 aliphatic carbocycles. The summed E-state index contributed by atoms with van der Waals surface area (Å²) in [7, 11) is 0. The fraction of sp³-hybridized carbons (Fsp3) is 0.524. The Morgan fingerprint density at radius 1 is 1.21 bits per heavy atom. The van der Waals surface area contributed by atoms with Gasteiger partial charge in [-0.05, 0) is 57.2 Å². The smallest absolute Gasteiger partial charge is 0.191 e. The molecule has 0 saturated heterocycles. The first-order chi connectivity index (χ1) is 13.2. The van der Waals surface area contributed by atoms with Gasteiger partial charge in [0.1, 0.15) is 11.5 Å². The number of guanidine groups is 1. The van der Waals surface area contributed by atoms with Crippen LogP contribution in [0.2, 0.25) is 0 Å². The number of nitrogens with zero attached hydrogens (tertiary/aromatic N) is 2. The van der Waals surface area contributed by atoms with Crippen molar-refractivity contribution in [3.63, 3.8) is 0 Å². The highest BCUT2D eigenvalue weighted by atomic mass is 127. The van der Waals surface area contributed by atoms with Crippen LogP contribution in [0.3, 0.4) is 0 Å². The van der Waals surface area contributed by atoms with E-state index in [-0.39, 0.29) is 24.0 Å². The Morgan fingerprint density at radius 2 is 2.07 bits per heavy atom. The maximum atomic E-state index is 5.57. The highest BCUT2D eigenvalue weighted by Crippen LogP contribution is 2.25. The number of fused-ring (bicyclic) bond motifs is 1. The lowest BCUT2D eigenvalue weighted by Crippen LogP contribution is -2.38. The van der Waals surface area contributed by atoms with E-state index in [4.69, 9.17) is 9.26 Å². The molecule has 0 saturated carbocycles. The van der Waals surface area contributed by atoms with Gasteiger partial charge in [0.05, 0.1) is 12.3 Å². The summed E-state index contributed by atoms with van der Waals surface area (Å²) in [6, 6.07) is 6.50. The number of hydrogen-bond acceptors (Lipinski definition) is 4. The zero-order chi connectivity index (χ0) is 19.1. The van der Waals surface area contributed by atoms with Crippen LogP contribution < -0.4 is 15.4 Å². The first-order valence-corrected chi connectivity index (χ1v) is 9.86. The van der Waals surface area contributed by atoms with Gasteiger partial charge in [0.15, 0.2) is 5.96 Å². The van der Waals surface area contributed by atoms with Gasteiger partial charge >= 0.3 is 0 Å². The first kappa shape index (κ1) is 22.5. The molecule has 2 heterocycles. The second kappa shape index (κ2) is 11.3. The Kier molecular flexibility index (Phi) is 9.08. The number of benzene rings is 1. The van der Waals surface area contributed by atoms with Crippen molar-refractivity contribution < 1.29 is 9.26 Å².